The van der Waals surface area contributed by atoms with Crippen molar-refractivity contribution in [1.82, 2.24) is 5.32 Å². The van der Waals surface area contributed by atoms with Crippen LogP contribution in [0.4, 0.5) is 5.69 Å². The molecule has 2 aromatic rings. The zero-order chi connectivity index (χ0) is 27.6. The summed E-state index contributed by atoms with van der Waals surface area (Å²) in [4.78, 5) is 16.0. The highest BCUT2D eigenvalue weighted by Gasteiger charge is 2.31. The van der Waals surface area contributed by atoms with E-state index in [0.29, 0.717) is 18.4 Å². The standard InChI is InChI=1S/C33H45N3O3/c1-24-19-29(15-16-32(24)39-2)26-13-11-25(12-14-26)23-36(33(38)27-7-4-3-5-8-27)31-10-6-9-28(20-31)30(21-34)22-35-17-18-37/h6,9-10,15-16,19-22,25-27,34-35,37H,3-5,7-8,11-14,17-18,23H2,1-2H3/b30-22+,34-21?. The number of carbonyl (C=O) groups is 1. The van der Waals surface area contributed by atoms with Crippen LogP contribution >= 0.6 is 0 Å². The number of hydrogen-bond acceptors (Lipinski definition) is 5. The lowest BCUT2D eigenvalue weighted by molar-refractivity contribution is -0.123. The molecule has 4 rings (SSSR count). The van der Waals surface area contributed by atoms with Gasteiger partial charge < -0.3 is 25.5 Å². The molecule has 3 N–H and O–H groups in total. The Hall–Kier alpha value is -3.12. The first kappa shape index (κ1) is 28.9. The van der Waals surface area contributed by atoms with Crippen LogP contribution in [-0.2, 0) is 4.79 Å². The topological polar surface area (TPSA) is 85.7 Å². The fourth-order valence-electron chi connectivity index (χ4n) is 6.29. The molecular formula is C33H45N3O3. The Labute approximate surface area is 234 Å². The average molecular weight is 532 g/mol. The Morgan fingerprint density at radius 2 is 1.85 bits per heavy atom. The van der Waals surface area contributed by atoms with Gasteiger partial charge in [0.2, 0.25) is 5.91 Å². The number of allylic oxidation sites excluding steroid dienone is 1. The fraction of sp³-hybridized carbons (Fsp3) is 0.515. The minimum atomic E-state index is 0.0335. The van der Waals surface area contributed by atoms with E-state index in [0.717, 1.165) is 80.5 Å². The molecule has 0 radical (unpaired) electrons. The molecule has 0 aromatic heterocycles. The van der Waals surface area contributed by atoms with Crippen LogP contribution in [0.2, 0.25) is 0 Å². The molecule has 2 saturated carbocycles. The summed E-state index contributed by atoms with van der Waals surface area (Å²) in [6.45, 7) is 3.33. The van der Waals surface area contributed by atoms with E-state index >= 15 is 0 Å². The molecule has 2 aliphatic carbocycles. The molecule has 1 amide bonds. The molecule has 39 heavy (non-hydrogen) atoms. The predicted octanol–water partition coefficient (Wildman–Crippen LogP) is 6.46. The van der Waals surface area contributed by atoms with Gasteiger partial charge in [-0.15, -0.1) is 0 Å². The van der Waals surface area contributed by atoms with E-state index in [2.05, 4.69) is 35.3 Å². The first-order chi connectivity index (χ1) is 19.0. The van der Waals surface area contributed by atoms with Crippen molar-refractivity contribution in [2.24, 2.45) is 11.8 Å². The smallest absolute Gasteiger partial charge is 0.230 e. The van der Waals surface area contributed by atoms with Crippen molar-refractivity contribution in [3.8, 4) is 5.75 Å². The van der Waals surface area contributed by atoms with Gasteiger partial charge in [0, 0.05) is 42.7 Å². The number of carbonyl (C=O) groups excluding carboxylic acids is 1. The van der Waals surface area contributed by atoms with Crippen molar-refractivity contribution >= 4 is 23.4 Å². The number of ether oxygens (including phenoxy) is 1. The van der Waals surface area contributed by atoms with Gasteiger partial charge in [0.15, 0.2) is 0 Å². The van der Waals surface area contributed by atoms with Crippen molar-refractivity contribution < 1.29 is 14.6 Å². The normalized spacial score (nSPS) is 20.3. The van der Waals surface area contributed by atoms with E-state index in [1.54, 1.807) is 13.3 Å². The quantitative estimate of drug-likeness (QED) is 0.229. The summed E-state index contributed by atoms with van der Waals surface area (Å²) in [6.07, 6.45) is 13.0. The lowest BCUT2D eigenvalue weighted by Gasteiger charge is -2.35. The highest BCUT2D eigenvalue weighted by Crippen LogP contribution is 2.38. The predicted molar refractivity (Wildman–Crippen MR) is 160 cm³/mol. The second-order valence-corrected chi connectivity index (χ2v) is 11.2. The van der Waals surface area contributed by atoms with Crippen molar-refractivity contribution in [1.29, 1.82) is 5.41 Å². The van der Waals surface area contributed by atoms with Gasteiger partial charge in [-0.3, -0.25) is 4.79 Å². The molecule has 6 nitrogen and oxygen atoms in total. The summed E-state index contributed by atoms with van der Waals surface area (Å²) in [5, 5.41) is 20.0. The second kappa shape index (κ2) is 14.3. The van der Waals surface area contributed by atoms with Gasteiger partial charge in [-0.1, -0.05) is 43.5 Å². The van der Waals surface area contributed by atoms with Gasteiger partial charge in [0.1, 0.15) is 5.75 Å². The zero-order valence-electron chi connectivity index (χ0n) is 23.6. The summed E-state index contributed by atoms with van der Waals surface area (Å²) in [7, 11) is 1.72. The zero-order valence-corrected chi connectivity index (χ0v) is 23.6. The SMILES string of the molecule is COc1ccc(C2CCC(CN(C(=O)C3CCCCC3)c3cccc(/C(C=N)=C/NCCO)c3)CC2)cc1C. The average Bonchev–Trinajstić information content (AvgIpc) is 2.98. The Balaban J connectivity index is 1.51. The molecule has 2 fully saturated rings. The van der Waals surface area contributed by atoms with Crippen LogP contribution in [0.3, 0.4) is 0 Å². The minimum absolute atomic E-state index is 0.0335. The first-order valence-corrected chi connectivity index (χ1v) is 14.6. The number of hydrogen-bond donors (Lipinski definition) is 3. The third-order valence-electron chi connectivity index (χ3n) is 8.56. The molecule has 0 saturated heterocycles. The van der Waals surface area contributed by atoms with E-state index in [-0.39, 0.29) is 18.4 Å². The van der Waals surface area contributed by atoms with Gasteiger partial charge in [-0.25, -0.2) is 0 Å². The summed E-state index contributed by atoms with van der Waals surface area (Å²) in [5.74, 6) is 2.34. The minimum Gasteiger partial charge on any atom is -0.496 e. The van der Waals surface area contributed by atoms with Crippen LogP contribution in [0.25, 0.3) is 5.57 Å². The van der Waals surface area contributed by atoms with Crippen LogP contribution in [0.15, 0.2) is 48.7 Å². The fourth-order valence-corrected chi connectivity index (χ4v) is 6.29. The Bertz CT molecular complexity index is 1130. The number of nitrogens with zero attached hydrogens (tertiary/aromatic N) is 1. The maximum atomic E-state index is 13.9. The summed E-state index contributed by atoms with van der Waals surface area (Å²) >= 11 is 0. The van der Waals surface area contributed by atoms with Crippen LogP contribution < -0.4 is 15.0 Å². The monoisotopic (exact) mass is 531 g/mol. The van der Waals surface area contributed by atoms with Crippen molar-refractivity contribution in [3.63, 3.8) is 0 Å². The summed E-state index contributed by atoms with van der Waals surface area (Å²) in [6, 6.07) is 14.6. The number of methoxy groups -OCH3 is 1. The number of aryl methyl sites for hydroxylation is 1. The van der Waals surface area contributed by atoms with Crippen molar-refractivity contribution in [2.45, 2.75) is 70.6 Å². The van der Waals surface area contributed by atoms with Gasteiger partial charge in [0.05, 0.1) is 13.7 Å². The third kappa shape index (κ3) is 7.51. The van der Waals surface area contributed by atoms with E-state index in [4.69, 9.17) is 15.3 Å². The van der Waals surface area contributed by atoms with E-state index in [1.807, 2.05) is 24.3 Å². The highest BCUT2D eigenvalue weighted by atomic mass is 16.5. The first-order valence-electron chi connectivity index (χ1n) is 14.6. The van der Waals surface area contributed by atoms with Crippen LogP contribution in [0.1, 0.15) is 80.4 Å². The Morgan fingerprint density at radius 3 is 2.51 bits per heavy atom. The van der Waals surface area contributed by atoms with Crippen LogP contribution in [0, 0.1) is 24.2 Å². The third-order valence-corrected chi connectivity index (χ3v) is 8.56. The van der Waals surface area contributed by atoms with Gasteiger partial charge >= 0.3 is 0 Å². The molecule has 0 atom stereocenters. The lowest BCUT2D eigenvalue weighted by atomic mass is 9.78. The maximum Gasteiger partial charge on any atom is 0.230 e. The second-order valence-electron chi connectivity index (χ2n) is 11.2. The molecule has 0 aliphatic heterocycles. The Kier molecular flexibility index (Phi) is 10.6. The molecular weight excluding hydrogens is 486 g/mol. The lowest BCUT2D eigenvalue weighted by Crippen LogP contribution is -2.41. The van der Waals surface area contributed by atoms with Crippen LogP contribution in [-0.4, -0.2) is 44.0 Å². The Morgan fingerprint density at radius 1 is 1.08 bits per heavy atom. The molecule has 210 valence electrons. The highest BCUT2D eigenvalue weighted by molar-refractivity contribution is 6.08. The molecule has 0 bridgehead atoms. The van der Waals surface area contributed by atoms with E-state index in [9.17, 15) is 4.79 Å². The molecule has 0 spiro atoms. The van der Waals surface area contributed by atoms with Crippen molar-refractivity contribution in [3.05, 3.63) is 65.4 Å². The van der Waals surface area contributed by atoms with Gasteiger partial charge in [-0.2, -0.15) is 0 Å². The maximum absolute atomic E-state index is 13.9. The number of nitrogens with one attached hydrogen (secondary N) is 2. The summed E-state index contributed by atoms with van der Waals surface area (Å²) < 4.78 is 5.45. The van der Waals surface area contributed by atoms with E-state index in [1.165, 1.54) is 23.8 Å². The molecule has 2 aliphatic rings. The number of amides is 1. The van der Waals surface area contributed by atoms with Crippen LogP contribution in [0.5, 0.6) is 5.75 Å². The van der Waals surface area contributed by atoms with Gasteiger partial charge in [0.25, 0.3) is 0 Å². The molecule has 0 heterocycles. The van der Waals surface area contributed by atoms with E-state index < -0.39 is 0 Å². The number of aliphatic hydroxyl groups excluding tert-OH is 1. The number of anilines is 1. The molecule has 6 heteroatoms. The molecule has 2 aromatic carbocycles. The number of benzene rings is 2. The number of aliphatic hydroxyl groups is 1. The number of rotatable bonds is 11. The van der Waals surface area contributed by atoms with Crippen molar-refractivity contribution in [2.75, 3.05) is 31.7 Å². The largest absolute Gasteiger partial charge is 0.496 e. The van der Waals surface area contributed by atoms with Gasteiger partial charge in [-0.05, 0) is 92.2 Å². The summed E-state index contributed by atoms with van der Waals surface area (Å²) in [5.41, 5.74) is 5.13. The molecule has 0 unspecified atom stereocenters.